The van der Waals surface area contributed by atoms with Gasteiger partial charge in [0.05, 0.1) is 12.2 Å². The third kappa shape index (κ3) is 2.84. The van der Waals surface area contributed by atoms with Gasteiger partial charge in [-0.1, -0.05) is 30.3 Å². The lowest BCUT2D eigenvalue weighted by Gasteiger charge is -2.00. The maximum absolute atomic E-state index is 5.60. The zero-order valence-electron chi connectivity index (χ0n) is 9.26. The highest BCUT2D eigenvalue weighted by atomic mass is 35.5. The number of nitrogens with two attached hydrogens (primary N) is 1. The van der Waals surface area contributed by atoms with E-state index in [1.165, 1.54) is 5.56 Å². The molecule has 2 rings (SSSR count). The molecule has 0 unspecified atom stereocenters. The fourth-order valence-electron chi connectivity index (χ4n) is 1.61. The number of halogens is 1. The van der Waals surface area contributed by atoms with Gasteiger partial charge >= 0.3 is 0 Å². The molecule has 16 heavy (non-hydrogen) atoms. The Bertz CT molecular complexity index is 437. The van der Waals surface area contributed by atoms with Gasteiger partial charge in [0.15, 0.2) is 0 Å². The highest BCUT2D eigenvalue weighted by Crippen LogP contribution is 2.07. The van der Waals surface area contributed by atoms with Crippen molar-refractivity contribution >= 4 is 12.4 Å². The Balaban J connectivity index is 0.00000128. The van der Waals surface area contributed by atoms with Crippen molar-refractivity contribution in [3.05, 3.63) is 53.3 Å². The van der Waals surface area contributed by atoms with Crippen LogP contribution >= 0.6 is 12.4 Å². The molecule has 0 saturated carbocycles. The van der Waals surface area contributed by atoms with Crippen molar-refractivity contribution in [1.29, 1.82) is 0 Å². The normalized spacial score (nSPS) is 9.88. The van der Waals surface area contributed by atoms with E-state index in [9.17, 15) is 0 Å². The minimum absolute atomic E-state index is 0. The van der Waals surface area contributed by atoms with E-state index >= 15 is 0 Å². The Morgan fingerprint density at radius 3 is 2.50 bits per heavy atom. The minimum Gasteiger partial charge on any atom is -0.326 e. The van der Waals surface area contributed by atoms with Gasteiger partial charge in [-0.05, 0) is 12.5 Å². The lowest BCUT2D eigenvalue weighted by molar-refractivity contribution is 0.679. The first kappa shape index (κ1) is 12.7. The minimum atomic E-state index is 0. The van der Waals surface area contributed by atoms with Crippen LogP contribution in [-0.2, 0) is 13.1 Å². The molecule has 86 valence electrons. The second kappa shape index (κ2) is 5.68. The van der Waals surface area contributed by atoms with Crippen LogP contribution in [0, 0.1) is 6.92 Å². The molecule has 0 atom stereocenters. The van der Waals surface area contributed by atoms with E-state index in [0.29, 0.717) is 6.54 Å². The number of benzene rings is 1. The summed E-state index contributed by atoms with van der Waals surface area (Å²) < 4.78 is 1.94. The zero-order valence-corrected chi connectivity index (χ0v) is 10.1. The summed E-state index contributed by atoms with van der Waals surface area (Å²) in [5.74, 6) is 0. The fraction of sp³-hybridized carbons (Fsp3) is 0.250. The summed E-state index contributed by atoms with van der Waals surface area (Å²) in [4.78, 5) is 0. The van der Waals surface area contributed by atoms with E-state index in [1.807, 2.05) is 36.0 Å². The van der Waals surface area contributed by atoms with Crippen LogP contribution in [0.2, 0.25) is 0 Å². The van der Waals surface area contributed by atoms with Crippen molar-refractivity contribution in [3.63, 3.8) is 0 Å². The second-order valence-electron chi connectivity index (χ2n) is 3.63. The molecule has 0 aliphatic carbocycles. The van der Waals surface area contributed by atoms with Crippen LogP contribution in [0.4, 0.5) is 0 Å². The van der Waals surface area contributed by atoms with E-state index in [0.717, 1.165) is 17.8 Å². The Morgan fingerprint density at radius 2 is 1.94 bits per heavy atom. The van der Waals surface area contributed by atoms with Crippen LogP contribution in [0.1, 0.15) is 16.8 Å². The molecule has 3 nitrogen and oxygen atoms in total. The molecule has 0 fully saturated rings. The van der Waals surface area contributed by atoms with Gasteiger partial charge in [-0.25, -0.2) is 0 Å². The Morgan fingerprint density at radius 1 is 1.25 bits per heavy atom. The molecular formula is C12H16ClN3. The predicted octanol–water partition coefficient (Wildman–Crippen LogP) is 2.12. The molecule has 2 aromatic rings. The molecule has 0 bridgehead atoms. The predicted molar refractivity (Wildman–Crippen MR) is 67.6 cm³/mol. The van der Waals surface area contributed by atoms with Gasteiger partial charge in [-0.3, -0.25) is 4.68 Å². The molecule has 0 amide bonds. The van der Waals surface area contributed by atoms with Crippen LogP contribution in [0.3, 0.4) is 0 Å². The maximum Gasteiger partial charge on any atom is 0.0659 e. The highest BCUT2D eigenvalue weighted by Gasteiger charge is 2.02. The average molecular weight is 238 g/mol. The van der Waals surface area contributed by atoms with Crippen LogP contribution in [0.5, 0.6) is 0 Å². The van der Waals surface area contributed by atoms with Crippen LogP contribution in [0.25, 0.3) is 0 Å². The van der Waals surface area contributed by atoms with Crippen LogP contribution < -0.4 is 5.73 Å². The molecule has 0 aliphatic heterocycles. The van der Waals surface area contributed by atoms with Crippen molar-refractivity contribution < 1.29 is 0 Å². The summed E-state index contributed by atoms with van der Waals surface area (Å²) in [6.45, 7) is 3.35. The Hall–Kier alpha value is -1.32. The summed E-state index contributed by atoms with van der Waals surface area (Å²) >= 11 is 0. The molecule has 0 radical (unpaired) electrons. The first-order chi connectivity index (χ1) is 7.29. The maximum atomic E-state index is 5.60. The molecule has 1 aromatic heterocycles. The number of hydrogen-bond acceptors (Lipinski definition) is 2. The molecule has 4 heteroatoms. The number of aromatic nitrogens is 2. The topological polar surface area (TPSA) is 43.8 Å². The van der Waals surface area contributed by atoms with Gasteiger partial charge in [-0.2, -0.15) is 5.10 Å². The Kier molecular flexibility index (Phi) is 4.52. The lowest BCUT2D eigenvalue weighted by Crippen LogP contribution is -2.00. The zero-order chi connectivity index (χ0) is 10.7. The van der Waals surface area contributed by atoms with Crippen molar-refractivity contribution in [3.8, 4) is 0 Å². The third-order valence-corrected chi connectivity index (χ3v) is 2.46. The first-order valence-corrected chi connectivity index (χ1v) is 5.06. The molecule has 1 heterocycles. The summed E-state index contributed by atoms with van der Waals surface area (Å²) in [6, 6.07) is 10.3. The number of hydrogen-bond donors (Lipinski definition) is 1. The summed E-state index contributed by atoms with van der Waals surface area (Å²) in [7, 11) is 0. The quantitative estimate of drug-likeness (QED) is 0.889. The second-order valence-corrected chi connectivity index (χ2v) is 3.63. The van der Waals surface area contributed by atoms with E-state index in [-0.39, 0.29) is 12.4 Å². The van der Waals surface area contributed by atoms with Crippen molar-refractivity contribution in [2.24, 2.45) is 5.73 Å². The van der Waals surface area contributed by atoms with Gasteiger partial charge in [0.1, 0.15) is 0 Å². The van der Waals surface area contributed by atoms with Gasteiger partial charge in [0, 0.05) is 18.3 Å². The number of aryl methyl sites for hydroxylation is 1. The third-order valence-electron chi connectivity index (χ3n) is 2.46. The van der Waals surface area contributed by atoms with Crippen molar-refractivity contribution in [1.82, 2.24) is 9.78 Å². The van der Waals surface area contributed by atoms with E-state index in [4.69, 9.17) is 5.73 Å². The number of nitrogens with zero attached hydrogens (tertiary/aromatic N) is 2. The van der Waals surface area contributed by atoms with Gasteiger partial charge in [0.25, 0.3) is 0 Å². The van der Waals surface area contributed by atoms with Crippen molar-refractivity contribution in [2.75, 3.05) is 0 Å². The summed E-state index contributed by atoms with van der Waals surface area (Å²) in [6.07, 6.45) is 2.02. The summed E-state index contributed by atoms with van der Waals surface area (Å²) in [5, 5.41) is 4.41. The number of rotatable bonds is 3. The van der Waals surface area contributed by atoms with Gasteiger partial charge < -0.3 is 5.73 Å². The lowest BCUT2D eigenvalue weighted by atomic mass is 10.2. The monoisotopic (exact) mass is 237 g/mol. The molecule has 0 saturated heterocycles. The molecule has 2 N–H and O–H groups in total. The van der Waals surface area contributed by atoms with E-state index in [1.54, 1.807) is 0 Å². The summed E-state index contributed by atoms with van der Waals surface area (Å²) in [5.41, 5.74) is 9.00. The average Bonchev–Trinajstić information content (AvgIpc) is 2.60. The van der Waals surface area contributed by atoms with Crippen LogP contribution in [-0.4, -0.2) is 9.78 Å². The highest BCUT2D eigenvalue weighted by molar-refractivity contribution is 5.85. The fourth-order valence-corrected chi connectivity index (χ4v) is 1.61. The van der Waals surface area contributed by atoms with Crippen molar-refractivity contribution in [2.45, 2.75) is 20.0 Å². The molecule has 1 aromatic carbocycles. The smallest absolute Gasteiger partial charge is 0.0659 e. The largest absolute Gasteiger partial charge is 0.326 e. The standard InChI is InChI=1S/C12H15N3.ClH/c1-10-12(7-13)9-15(14-10)8-11-5-3-2-4-6-11;/h2-6,9H,7-8,13H2,1H3;1H. The van der Waals surface area contributed by atoms with Crippen LogP contribution in [0.15, 0.2) is 36.5 Å². The molecule has 0 aliphatic rings. The van der Waals surface area contributed by atoms with E-state index < -0.39 is 0 Å². The van der Waals surface area contributed by atoms with E-state index in [2.05, 4.69) is 17.2 Å². The van der Waals surface area contributed by atoms with Gasteiger partial charge in [-0.15, -0.1) is 12.4 Å². The molecule has 0 spiro atoms. The van der Waals surface area contributed by atoms with Gasteiger partial charge in [0.2, 0.25) is 0 Å². The first-order valence-electron chi connectivity index (χ1n) is 5.06. The Labute approximate surface area is 102 Å². The molecular weight excluding hydrogens is 222 g/mol. The SMILES string of the molecule is Cc1nn(Cc2ccccc2)cc1CN.Cl.